The summed E-state index contributed by atoms with van der Waals surface area (Å²) in [6, 6.07) is 11.4. The molecule has 0 saturated heterocycles. The van der Waals surface area contributed by atoms with Crippen LogP contribution >= 0.6 is 0 Å². The molecule has 0 saturated carbocycles. The van der Waals surface area contributed by atoms with E-state index >= 15 is 0 Å². The van der Waals surface area contributed by atoms with Gasteiger partial charge in [-0.05, 0) is 49.8 Å². The van der Waals surface area contributed by atoms with Crippen LogP contribution in [0.1, 0.15) is 48.2 Å². The Bertz CT molecular complexity index is 890. The van der Waals surface area contributed by atoms with Crippen molar-refractivity contribution in [1.82, 2.24) is 10.6 Å². The van der Waals surface area contributed by atoms with Gasteiger partial charge in [-0.2, -0.15) is 0 Å². The molecule has 1 heterocycles. The van der Waals surface area contributed by atoms with Crippen LogP contribution in [0.2, 0.25) is 0 Å². The lowest BCUT2D eigenvalue weighted by molar-refractivity contribution is -0.150. The second kappa shape index (κ2) is 11.7. The molecule has 0 radical (unpaired) electrons. The fraction of sp³-hybridized carbons (Fsp3) is 0.375. The van der Waals surface area contributed by atoms with Crippen molar-refractivity contribution in [2.75, 3.05) is 13.2 Å². The maximum atomic E-state index is 12.6. The highest BCUT2D eigenvalue weighted by Gasteiger charge is 2.25. The van der Waals surface area contributed by atoms with Crippen LogP contribution < -0.4 is 10.6 Å². The first-order valence-electron chi connectivity index (χ1n) is 10.6. The Morgan fingerprint density at radius 3 is 2.61 bits per heavy atom. The van der Waals surface area contributed by atoms with Crippen LogP contribution in [0, 0.1) is 0 Å². The van der Waals surface area contributed by atoms with Crippen LogP contribution in [0.15, 0.2) is 64.8 Å². The molecule has 1 aromatic carbocycles. The minimum atomic E-state index is -0.944. The maximum Gasteiger partial charge on any atom is 0.329 e. The average molecular weight is 424 g/mol. The van der Waals surface area contributed by atoms with Crippen LogP contribution in [-0.4, -0.2) is 37.0 Å². The van der Waals surface area contributed by atoms with Crippen molar-refractivity contribution in [1.29, 1.82) is 0 Å². The van der Waals surface area contributed by atoms with Gasteiger partial charge in [0, 0.05) is 13.0 Å². The minimum Gasteiger partial charge on any atom is -0.459 e. The zero-order valence-corrected chi connectivity index (χ0v) is 17.5. The number of hydrogen-bond acceptors (Lipinski definition) is 5. The van der Waals surface area contributed by atoms with Crippen LogP contribution in [0.25, 0.3) is 0 Å². The summed E-state index contributed by atoms with van der Waals surface area (Å²) in [7, 11) is 0. The van der Waals surface area contributed by atoms with Gasteiger partial charge in [-0.15, -0.1) is 0 Å². The molecule has 0 aliphatic heterocycles. The number of furan rings is 1. The highest BCUT2D eigenvalue weighted by molar-refractivity contribution is 5.94. The lowest BCUT2D eigenvalue weighted by Crippen LogP contribution is -2.44. The highest BCUT2D eigenvalue weighted by Crippen LogP contribution is 2.19. The first-order chi connectivity index (χ1) is 15.1. The summed E-state index contributed by atoms with van der Waals surface area (Å²) in [4.78, 5) is 37.0. The number of nitrogens with one attached hydrogen (secondary N) is 2. The van der Waals surface area contributed by atoms with E-state index in [1.165, 1.54) is 30.7 Å². The SMILES string of the molecule is O=C(COC(=O)[C@H](Cc1ccccc1)NC(=O)c1ccco1)NCCC1=CCCCC1. The summed E-state index contributed by atoms with van der Waals surface area (Å²) in [5.74, 6) is -1.46. The van der Waals surface area contributed by atoms with Gasteiger partial charge in [-0.25, -0.2) is 4.79 Å². The van der Waals surface area contributed by atoms with Crippen molar-refractivity contribution in [3.05, 3.63) is 71.7 Å². The molecule has 2 aromatic rings. The van der Waals surface area contributed by atoms with E-state index < -0.39 is 17.9 Å². The molecule has 31 heavy (non-hydrogen) atoms. The highest BCUT2D eigenvalue weighted by atomic mass is 16.5. The molecule has 164 valence electrons. The smallest absolute Gasteiger partial charge is 0.329 e. The molecule has 1 aromatic heterocycles. The number of esters is 1. The van der Waals surface area contributed by atoms with E-state index in [0.29, 0.717) is 6.54 Å². The molecule has 0 spiro atoms. The molecule has 1 atom stereocenters. The van der Waals surface area contributed by atoms with Gasteiger partial charge < -0.3 is 19.8 Å². The molecule has 2 amide bonds. The van der Waals surface area contributed by atoms with Crippen LogP contribution in [0.4, 0.5) is 0 Å². The minimum absolute atomic E-state index is 0.0978. The molecular weight excluding hydrogens is 396 g/mol. The molecule has 0 bridgehead atoms. The fourth-order valence-electron chi connectivity index (χ4n) is 3.46. The van der Waals surface area contributed by atoms with Crippen molar-refractivity contribution in [2.45, 2.75) is 44.6 Å². The number of carbonyl (C=O) groups is 3. The molecule has 3 rings (SSSR count). The number of carbonyl (C=O) groups excluding carboxylic acids is 3. The van der Waals surface area contributed by atoms with E-state index in [0.717, 1.165) is 24.8 Å². The standard InChI is InChI=1S/C24H28N2O5/c27-22(25-14-13-18-8-3-1-4-9-18)17-31-24(29)20(16-19-10-5-2-6-11-19)26-23(28)21-12-7-15-30-21/h2,5-8,10-12,15,20H,1,3-4,9,13-14,16-17H2,(H,25,27)(H,26,28)/t20-/m0/s1. The first-order valence-corrected chi connectivity index (χ1v) is 10.6. The Labute approximate surface area is 181 Å². The van der Waals surface area contributed by atoms with Crippen LogP contribution in [-0.2, 0) is 20.7 Å². The topological polar surface area (TPSA) is 97.6 Å². The zero-order chi connectivity index (χ0) is 21.9. The summed E-state index contributed by atoms with van der Waals surface area (Å²) in [6.07, 6.45) is 9.29. The van der Waals surface area contributed by atoms with Crippen molar-refractivity contribution in [2.24, 2.45) is 0 Å². The summed E-state index contributed by atoms with van der Waals surface area (Å²) in [6.45, 7) is 0.130. The summed E-state index contributed by atoms with van der Waals surface area (Å²) < 4.78 is 10.3. The molecule has 1 aliphatic carbocycles. The largest absolute Gasteiger partial charge is 0.459 e. The molecule has 2 N–H and O–H groups in total. The van der Waals surface area contributed by atoms with E-state index in [-0.39, 0.29) is 24.7 Å². The Morgan fingerprint density at radius 2 is 1.90 bits per heavy atom. The second-order valence-corrected chi connectivity index (χ2v) is 7.51. The summed E-state index contributed by atoms with van der Waals surface area (Å²) >= 11 is 0. The first kappa shape index (κ1) is 22.3. The van der Waals surface area contributed by atoms with Crippen LogP contribution in [0.5, 0.6) is 0 Å². The lowest BCUT2D eigenvalue weighted by atomic mass is 9.97. The van der Waals surface area contributed by atoms with E-state index in [4.69, 9.17) is 9.15 Å². The van der Waals surface area contributed by atoms with Gasteiger partial charge in [0.15, 0.2) is 12.4 Å². The van der Waals surface area contributed by atoms with Gasteiger partial charge in [0.05, 0.1) is 6.26 Å². The zero-order valence-electron chi connectivity index (χ0n) is 17.5. The molecule has 1 aliphatic rings. The Kier molecular flexibility index (Phi) is 8.46. The number of ether oxygens (including phenoxy) is 1. The van der Waals surface area contributed by atoms with Crippen molar-refractivity contribution in [3.63, 3.8) is 0 Å². The predicted octanol–water partition coefficient (Wildman–Crippen LogP) is 3.17. The third-order valence-corrected chi connectivity index (χ3v) is 5.12. The molecule has 0 unspecified atom stereocenters. The molecule has 7 heteroatoms. The number of hydrogen-bond donors (Lipinski definition) is 2. The number of rotatable bonds is 10. The fourth-order valence-corrected chi connectivity index (χ4v) is 3.46. The summed E-state index contributed by atoms with van der Waals surface area (Å²) in [5.41, 5.74) is 2.22. The van der Waals surface area contributed by atoms with Gasteiger partial charge >= 0.3 is 5.97 Å². The number of amides is 2. The molecule has 0 fully saturated rings. The Morgan fingerprint density at radius 1 is 1.06 bits per heavy atom. The monoisotopic (exact) mass is 424 g/mol. The Balaban J connectivity index is 1.50. The lowest BCUT2D eigenvalue weighted by Gasteiger charge is -2.17. The number of benzene rings is 1. The number of allylic oxidation sites excluding steroid dienone is 1. The van der Waals surface area contributed by atoms with Gasteiger partial charge in [0.1, 0.15) is 6.04 Å². The van der Waals surface area contributed by atoms with Crippen molar-refractivity contribution >= 4 is 17.8 Å². The predicted molar refractivity (Wildman–Crippen MR) is 115 cm³/mol. The van der Waals surface area contributed by atoms with Gasteiger partial charge in [0.25, 0.3) is 11.8 Å². The van der Waals surface area contributed by atoms with Gasteiger partial charge in [-0.1, -0.05) is 42.0 Å². The maximum absolute atomic E-state index is 12.6. The second-order valence-electron chi connectivity index (χ2n) is 7.51. The van der Waals surface area contributed by atoms with Gasteiger partial charge in [0.2, 0.25) is 0 Å². The van der Waals surface area contributed by atoms with E-state index in [9.17, 15) is 14.4 Å². The Hall–Kier alpha value is -3.35. The molecule has 7 nitrogen and oxygen atoms in total. The normalized spacial score (nSPS) is 14.3. The van der Waals surface area contributed by atoms with E-state index in [1.54, 1.807) is 6.07 Å². The third-order valence-electron chi connectivity index (χ3n) is 5.12. The summed E-state index contributed by atoms with van der Waals surface area (Å²) in [5, 5.41) is 5.41. The van der Waals surface area contributed by atoms with E-state index in [2.05, 4.69) is 16.7 Å². The van der Waals surface area contributed by atoms with Gasteiger partial charge in [-0.3, -0.25) is 9.59 Å². The third kappa shape index (κ3) is 7.44. The van der Waals surface area contributed by atoms with Crippen LogP contribution in [0.3, 0.4) is 0 Å². The van der Waals surface area contributed by atoms with Crippen molar-refractivity contribution < 1.29 is 23.5 Å². The average Bonchev–Trinajstić information content (AvgIpc) is 3.34. The quantitative estimate of drug-likeness (QED) is 0.451. The van der Waals surface area contributed by atoms with Crippen molar-refractivity contribution in [3.8, 4) is 0 Å². The van der Waals surface area contributed by atoms with E-state index in [1.807, 2.05) is 30.3 Å². The molecular formula is C24H28N2O5.